The van der Waals surface area contributed by atoms with Crippen molar-refractivity contribution in [2.75, 3.05) is 27.3 Å². The Labute approximate surface area is 110 Å². The number of hydrogen-bond acceptors (Lipinski definition) is 5. The van der Waals surface area contributed by atoms with Gasteiger partial charge in [-0.3, -0.25) is 14.9 Å². The molecule has 0 aromatic heterocycles. The SMILES string of the molecule is COCCCN(C)C(=O)c1cc(O)ccc1[N+](=O)[O-]. The number of carbonyl (C=O) groups excluding carboxylic acids is 1. The smallest absolute Gasteiger partial charge is 0.282 e. The Bertz CT molecular complexity index is 475. The molecule has 0 spiro atoms. The number of hydrogen-bond donors (Lipinski definition) is 1. The van der Waals surface area contributed by atoms with Gasteiger partial charge in [0.15, 0.2) is 0 Å². The molecule has 0 atom stereocenters. The Morgan fingerprint density at radius 1 is 1.53 bits per heavy atom. The molecule has 1 amide bonds. The van der Waals surface area contributed by atoms with Crippen LogP contribution in [0.2, 0.25) is 0 Å². The maximum atomic E-state index is 12.1. The van der Waals surface area contributed by atoms with E-state index in [0.717, 1.165) is 12.1 Å². The monoisotopic (exact) mass is 268 g/mol. The van der Waals surface area contributed by atoms with Crippen molar-refractivity contribution in [3.63, 3.8) is 0 Å². The minimum Gasteiger partial charge on any atom is -0.508 e. The van der Waals surface area contributed by atoms with Crippen molar-refractivity contribution >= 4 is 11.6 Å². The third-order valence-electron chi connectivity index (χ3n) is 2.60. The highest BCUT2D eigenvalue weighted by atomic mass is 16.6. The van der Waals surface area contributed by atoms with Crippen LogP contribution in [0.15, 0.2) is 18.2 Å². The van der Waals surface area contributed by atoms with Gasteiger partial charge in [0.1, 0.15) is 11.3 Å². The van der Waals surface area contributed by atoms with Gasteiger partial charge in [0.2, 0.25) is 0 Å². The van der Waals surface area contributed by atoms with Crippen LogP contribution in [-0.4, -0.2) is 48.1 Å². The average molecular weight is 268 g/mol. The predicted molar refractivity (Wildman–Crippen MR) is 68.2 cm³/mol. The van der Waals surface area contributed by atoms with E-state index in [-0.39, 0.29) is 17.0 Å². The molecule has 1 aromatic rings. The number of benzene rings is 1. The second-order valence-electron chi connectivity index (χ2n) is 4.03. The van der Waals surface area contributed by atoms with Crippen molar-refractivity contribution in [3.05, 3.63) is 33.9 Å². The van der Waals surface area contributed by atoms with Gasteiger partial charge >= 0.3 is 0 Å². The lowest BCUT2D eigenvalue weighted by Crippen LogP contribution is -2.28. The lowest BCUT2D eigenvalue weighted by atomic mass is 10.1. The summed E-state index contributed by atoms with van der Waals surface area (Å²) in [4.78, 5) is 23.7. The van der Waals surface area contributed by atoms with Crippen molar-refractivity contribution in [2.45, 2.75) is 6.42 Å². The van der Waals surface area contributed by atoms with E-state index < -0.39 is 10.8 Å². The maximum Gasteiger partial charge on any atom is 0.282 e. The van der Waals surface area contributed by atoms with Gasteiger partial charge in [0, 0.05) is 33.4 Å². The van der Waals surface area contributed by atoms with Gasteiger partial charge in [0.25, 0.3) is 11.6 Å². The number of nitro benzene ring substituents is 1. The van der Waals surface area contributed by atoms with Gasteiger partial charge < -0.3 is 14.7 Å². The zero-order chi connectivity index (χ0) is 14.4. The Morgan fingerprint density at radius 3 is 2.79 bits per heavy atom. The van der Waals surface area contributed by atoms with Gasteiger partial charge in [-0.2, -0.15) is 0 Å². The molecular formula is C12H16N2O5. The quantitative estimate of drug-likeness (QED) is 0.478. The number of nitro groups is 1. The summed E-state index contributed by atoms with van der Waals surface area (Å²) >= 11 is 0. The molecule has 0 aliphatic heterocycles. The normalized spacial score (nSPS) is 10.2. The van der Waals surface area contributed by atoms with Crippen LogP contribution in [0.4, 0.5) is 5.69 Å². The van der Waals surface area contributed by atoms with Crippen LogP contribution in [0.1, 0.15) is 16.8 Å². The largest absolute Gasteiger partial charge is 0.508 e. The summed E-state index contributed by atoms with van der Waals surface area (Å²) in [7, 11) is 3.10. The summed E-state index contributed by atoms with van der Waals surface area (Å²) < 4.78 is 4.87. The molecular weight excluding hydrogens is 252 g/mol. The molecule has 7 heteroatoms. The fourth-order valence-electron chi connectivity index (χ4n) is 1.61. The van der Waals surface area contributed by atoms with Crippen LogP contribution >= 0.6 is 0 Å². The van der Waals surface area contributed by atoms with E-state index in [2.05, 4.69) is 0 Å². The highest BCUT2D eigenvalue weighted by molar-refractivity contribution is 5.98. The summed E-state index contributed by atoms with van der Waals surface area (Å²) in [6, 6.07) is 3.40. The van der Waals surface area contributed by atoms with Crippen LogP contribution in [-0.2, 0) is 4.74 Å². The Kier molecular flexibility index (Phi) is 5.25. The van der Waals surface area contributed by atoms with E-state index >= 15 is 0 Å². The molecule has 0 bridgehead atoms. The standard InChI is InChI=1S/C12H16N2O5/c1-13(6-3-7-19-2)12(16)10-8-9(15)4-5-11(10)14(17)18/h4-5,8,15H,3,6-7H2,1-2H3. The summed E-state index contributed by atoms with van der Waals surface area (Å²) in [6.45, 7) is 0.916. The fourth-order valence-corrected chi connectivity index (χ4v) is 1.61. The number of phenolic OH excluding ortho intramolecular Hbond substituents is 1. The first kappa shape index (κ1) is 14.9. The summed E-state index contributed by atoms with van der Waals surface area (Å²) in [5.41, 5.74) is -0.439. The number of carbonyl (C=O) groups is 1. The second kappa shape index (κ2) is 6.69. The lowest BCUT2D eigenvalue weighted by molar-refractivity contribution is -0.385. The first-order chi connectivity index (χ1) is 8.97. The van der Waals surface area contributed by atoms with Gasteiger partial charge in [-0.05, 0) is 18.6 Å². The number of phenols is 1. The van der Waals surface area contributed by atoms with Crippen molar-refractivity contribution in [1.29, 1.82) is 0 Å². The molecule has 1 rings (SSSR count). The summed E-state index contributed by atoms with van der Waals surface area (Å²) in [6.07, 6.45) is 0.630. The number of rotatable bonds is 6. The third kappa shape index (κ3) is 3.92. The van der Waals surface area contributed by atoms with E-state index in [1.165, 1.54) is 11.0 Å². The van der Waals surface area contributed by atoms with Crippen molar-refractivity contribution in [2.24, 2.45) is 0 Å². The summed E-state index contributed by atoms with van der Waals surface area (Å²) in [5, 5.41) is 20.2. The molecule has 0 saturated carbocycles. The Hall–Kier alpha value is -2.15. The molecule has 104 valence electrons. The molecule has 19 heavy (non-hydrogen) atoms. The Morgan fingerprint density at radius 2 is 2.21 bits per heavy atom. The third-order valence-corrected chi connectivity index (χ3v) is 2.60. The molecule has 0 aliphatic carbocycles. The molecule has 0 fully saturated rings. The molecule has 0 heterocycles. The first-order valence-corrected chi connectivity index (χ1v) is 5.69. The van der Waals surface area contributed by atoms with Crippen LogP contribution in [0.5, 0.6) is 5.75 Å². The summed E-state index contributed by atoms with van der Waals surface area (Å²) in [5.74, 6) is -0.682. The molecule has 0 saturated heterocycles. The fraction of sp³-hybridized carbons (Fsp3) is 0.417. The topological polar surface area (TPSA) is 92.9 Å². The highest BCUT2D eigenvalue weighted by Crippen LogP contribution is 2.24. The van der Waals surface area contributed by atoms with E-state index in [1.54, 1.807) is 14.2 Å². The number of amides is 1. The molecule has 1 N–H and O–H groups in total. The van der Waals surface area contributed by atoms with Crippen molar-refractivity contribution in [1.82, 2.24) is 4.90 Å². The highest BCUT2D eigenvalue weighted by Gasteiger charge is 2.23. The second-order valence-corrected chi connectivity index (χ2v) is 4.03. The molecule has 0 radical (unpaired) electrons. The minimum atomic E-state index is -0.643. The number of ether oxygens (including phenoxy) is 1. The molecule has 7 nitrogen and oxygen atoms in total. The van der Waals surface area contributed by atoms with E-state index in [4.69, 9.17) is 4.74 Å². The van der Waals surface area contributed by atoms with Crippen LogP contribution in [0.3, 0.4) is 0 Å². The molecule has 1 aromatic carbocycles. The zero-order valence-electron chi connectivity index (χ0n) is 10.8. The predicted octanol–water partition coefficient (Wildman–Crippen LogP) is 1.41. The molecule has 0 aliphatic rings. The number of methoxy groups -OCH3 is 1. The van der Waals surface area contributed by atoms with Crippen LogP contribution in [0, 0.1) is 10.1 Å². The molecule has 0 unspecified atom stereocenters. The minimum absolute atomic E-state index is 0.120. The van der Waals surface area contributed by atoms with Gasteiger partial charge in [-0.1, -0.05) is 0 Å². The zero-order valence-corrected chi connectivity index (χ0v) is 10.8. The Balaban J connectivity index is 2.91. The van der Waals surface area contributed by atoms with Crippen LogP contribution < -0.4 is 0 Å². The van der Waals surface area contributed by atoms with Crippen molar-refractivity contribution < 1.29 is 19.6 Å². The van der Waals surface area contributed by atoms with Gasteiger partial charge in [0.05, 0.1) is 4.92 Å². The number of nitrogens with zero attached hydrogens (tertiary/aromatic N) is 2. The van der Waals surface area contributed by atoms with Gasteiger partial charge in [-0.15, -0.1) is 0 Å². The first-order valence-electron chi connectivity index (χ1n) is 5.69. The lowest BCUT2D eigenvalue weighted by Gasteiger charge is -2.16. The van der Waals surface area contributed by atoms with E-state index in [9.17, 15) is 20.0 Å². The van der Waals surface area contributed by atoms with E-state index in [0.29, 0.717) is 19.6 Å². The average Bonchev–Trinajstić information content (AvgIpc) is 2.37. The van der Waals surface area contributed by atoms with E-state index in [1.807, 2.05) is 0 Å². The maximum absolute atomic E-state index is 12.1. The van der Waals surface area contributed by atoms with Gasteiger partial charge in [-0.25, -0.2) is 0 Å². The van der Waals surface area contributed by atoms with Crippen LogP contribution in [0.25, 0.3) is 0 Å². The van der Waals surface area contributed by atoms with Crippen molar-refractivity contribution in [3.8, 4) is 5.75 Å². The number of aromatic hydroxyl groups is 1.